The summed E-state index contributed by atoms with van der Waals surface area (Å²) in [4.78, 5) is 22.2. The average Bonchev–Trinajstić information content (AvgIpc) is 2.23. The van der Waals surface area contributed by atoms with Crippen LogP contribution in [0.3, 0.4) is 0 Å². The van der Waals surface area contributed by atoms with E-state index < -0.39 is 12.5 Å². The maximum atomic E-state index is 11.3. The summed E-state index contributed by atoms with van der Waals surface area (Å²) in [6, 6.07) is -0.227. The van der Waals surface area contributed by atoms with Gasteiger partial charge in [-0.2, -0.15) is 0 Å². The Morgan fingerprint density at radius 3 is 2.36 bits per heavy atom. The van der Waals surface area contributed by atoms with E-state index in [1.807, 2.05) is 6.92 Å². The van der Waals surface area contributed by atoms with Crippen molar-refractivity contribution in [2.75, 3.05) is 13.7 Å². The monoisotopic (exact) mass is 202 g/mol. The van der Waals surface area contributed by atoms with Crippen molar-refractivity contribution in [3.8, 4) is 0 Å². The summed E-state index contributed by atoms with van der Waals surface area (Å²) >= 11 is 0. The number of rotatable bonds is 5. The van der Waals surface area contributed by atoms with E-state index in [4.69, 9.17) is 5.11 Å². The molecule has 5 heteroatoms. The number of aliphatic hydroxyl groups excluding tert-OH is 1. The number of carbonyl (C=O) groups is 2. The molecular weight excluding hydrogens is 184 g/mol. The standard InChI is InChI=1S/C9H18N2O3/c1-4-7(11-8(13)5-12)6(2)9(14)10-3/h6-7,12H,4-5H2,1-3H3,(H,10,14)(H,11,13)/t6-,7+/m0/s1. The summed E-state index contributed by atoms with van der Waals surface area (Å²) in [7, 11) is 1.55. The van der Waals surface area contributed by atoms with Crippen molar-refractivity contribution < 1.29 is 14.7 Å². The van der Waals surface area contributed by atoms with Crippen molar-refractivity contribution in [1.29, 1.82) is 0 Å². The Balaban J connectivity index is 4.25. The molecule has 0 spiro atoms. The zero-order chi connectivity index (χ0) is 11.1. The van der Waals surface area contributed by atoms with Gasteiger partial charge in [0.05, 0.1) is 5.92 Å². The van der Waals surface area contributed by atoms with Crippen LogP contribution in [0.15, 0.2) is 0 Å². The Bertz CT molecular complexity index is 206. The molecule has 0 heterocycles. The second kappa shape index (κ2) is 6.37. The first kappa shape index (κ1) is 12.9. The van der Waals surface area contributed by atoms with E-state index in [2.05, 4.69) is 10.6 Å². The summed E-state index contributed by atoms with van der Waals surface area (Å²) in [6.07, 6.45) is 0.653. The molecule has 0 aliphatic carbocycles. The van der Waals surface area contributed by atoms with E-state index in [-0.39, 0.29) is 17.9 Å². The molecule has 14 heavy (non-hydrogen) atoms. The van der Waals surface area contributed by atoms with Crippen molar-refractivity contribution in [3.63, 3.8) is 0 Å². The molecule has 0 aromatic heterocycles. The molecule has 82 valence electrons. The first-order valence-electron chi connectivity index (χ1n) is 4.68. The van der Waals surface area contributed by atoms with Gasteiger partial charge in [0.2, 0.25) is 11.8 Å². The third-order valence-corrected chi connectivity index (χ3v) is 2.19. The van der Waals surface area contributed by atoms with Gasteiger partial charge in [0.1, 0.15) is 6.61 Å². The Morgan fingerprint density at radius 1 is 1.43 bits per heavy atom. The van der Waals surface area contributed by atoms with E-state index in [1.54, 1.807) is 14.0 Å². The van der Waals surface area contributed by atoms with E-state index in [0.717, 1.165) is 0 Å². The fraction of sp³-hybridized carbons (Fsp3) is 0.778. The van der Waals surface area contributed by atoms with Gasteiger partial charge >= 0.3 is 0 Å². The minimum atomic E-state index is -0.545. The average molecular weight is 202 g/mol. The lowest BCUT2D eigenvalue weighted by Gasteiger charge is -2.22. The zero-order valence-electron chi connectivity index (χ0n) is 8.83. The molecule has 3 N–H and O–H groups in total. The number of nitrogens with one attached hydrogen (secondary N) is 2. The lowest BCUT2D eigenvalue weighted by molar-refractivity contribution is -0.127. The highest BCUT2D eigenvalue weighted by atomic mass is 16.3. The Kier molecular flexibility index (Phi) is 5.87. The minimum absolute atomic E-state index is 0.116. The molecule has 0 fully saturated rings. The fourth-order valence-electron chi connectivity index (χ4n) is 1.24. The SMILES string of the molecule is CC[C@@H](NC(=O)CO)[C@H](C)C(=O)NC. The molecule has 0 unspecified atom stereocenters. The van der Waals surface area contributed by atoms with Gasteiger partial charge in [0.15, 0.2) is 0 Å². The fourth-order valence-corrected chi connectivity index (χ4v) is 1.24. The predicted molar refractivity (Wildman–Crippen MR) is 52.5 cm³/mol. The molecule has 2 amide bonds. The maximum Gasteiger partial charge on any atom is 0.245 e. The van der Waals surface area contributed by atoms with Gasteiger partial charge in [-0.05, 0) is 6.42 Å². The summed E-state index contributed by atoms with van der Waals surface area (Å²) in [5.41, 5.74) is 0. The van der Waals surface area contributed by atoms with Gasteiger partial charge < -0.3 is 15.7 Å². The van der Waals surface area contributed by atoms with Crippen LogP contribution >= 0.6 is 0 Å². The smallest absolute Gasteiger partial charge is 0.245 e. The van der Waals surface area contributed by atoms with E-state index in [0.29, 0.717) is 6.42 Å². The van der Waals surface area contributed by atoms with Crippen LogP contribution in [-0.4, -0.2) is 36.6 Å². The number of carbonyl (C=O) groups excluding carboxylic acids is 2. The van der Waals surface area contributed by atoms with E-state index >= 15 is 0 Å². The first-order valence-corrected chi connectivity index (χ1v) is 4.68. The van der Waals surface area contributed by atoms with E-state index in [1.165, 1.54) is 0 Å². The normalized spacial score (nSPS) is 14.3. The third kappa shape index (κ3) is 3.74. The van der Waals surface area contributed by atoms with Crippen LogP contribution in [0, 0.1) is 5.92 Å². The summed E-state index contributed by atoms with van der Waals surface area (Å²) in [6.45, 7) is 3.07. The molecule has 0 aromatic rings. The molecule has 0 aromatic carbocycles. The lowest BCUT2D eigenvalue weighted by Crippen LogP contribution is -2.45. The van der Waals surface area contributed by atoms with Crippen LogP contribution in [0.2, 0.25) is 0 Å². The van der Waals surface area contributed by atoms with Crippen molar-refractivity contribution in [1.82, 2.24) is 10.6 Å². The number of amides is 2. The lowest BCUT2D eigenvalue weighted by atomic mass is 9.99. The quantitative estimate of drug-likeness (QED) is 0.549. The highest BCUT2D eigenvalue weighted by Crippen LogP contribution is 2.06. The molecule has 0 aliphatic rings. The molecule has 0 radical (unpaired) electrons. The van der Waals surface area contributed by atoms with Gasteiger partial charge in [-0.3, -0.25) is 9.59 Å². The minimum Gasteiger partial charge on any atom is -0.387 e. The molecule has 2 atom stereocenters. The number of aliphatic hydroxyl groups is 1. The number of hydrogen-bond donors (Lipinski definition) is 3. The second-order valence-corrected chi connectivity index (χ2v) is 3.14. The van der Waals surface area contributed by atoms with Gasteiger partial charge in [-0.1, -0.05) is 13.8 Å². The Morgan fingerprint density at radius 2 is 2.00 bits per heavy atom. The van der Waals surface area contributed by atoms with Crippen LogP contribution in [0.4, 0.5) is 0 Å². The molecule has 5 nitrogen and oxygen atoms in total. The van der Waals surface area contributed by atoms with Crippen LogP contribution in [-0.2, 0) is 9.59 Å². The zero-order valence-corrected chi connectivity index (χ0v) is 8.83. The van der Waals surface area contributed by atoms with Crippen molar-refractivity contribution in [2.45, 2.75) is 26.3 Å². The summed E-state index contributed by atoms with van der Waals surface area (Å²) in [5.74, 6) is -0.858. The van der Waals surface area contributed by atoms with Crippen molar-refractivity contribution >= 4 is 11.8 Å². The largest absolute Gasteiger partial charge is 0.387 e. The van der Waals surface area contributed by atoms with Gasteiger partial charge in [-0.25, -0.2) is 0 Å². The molecule has 0 rings (SSSR count). The number of hydrogen-bond acceptors (Lipinski definition) is 3. The van der Waals surface area contributed by atoms with E-state index in [9.17, 15) is 9.59 Å². The molecular formula is C9H18N2O3. The summed E-state index contributed by atoms with van der Waals surface area (Å²) in [5, 5.41) is 13.6. The third-order valence-electron chi connectivity index (χ3n) is 2.19. The Labute approximate surface area is 83.9 Å². The molecule has 0 bridgehead atoms. The van der Waals surface area contributed by atoms with Gasteiger partial charge in [-0.15, -0.1) is 0 Å². The summed E-state index contributed by atoms with van der Waals surface area (Å²) < 4.78 is 0. The van der Waals surface area contributed by atoms with Crippen molar-refractivity contribution in [3.05, 3.63) is 0 Å². The predicted octanol–water partition coefficient (Wildman–Crippen LogP) is -0.744. The second-order valence-electron chi connectivity index (χ2n) is 3.14. The highest BCUT2D eigenvalue weighted by molar-refractivity contribution is 5.81. The highest BCUT2D eigenvalue weighted by Gasteiger charge is 2.22. The van der Waals surface area contributed by atoms with Crippen LogP contribution in [0.25, 0.3) is 0 Å². The Hall–Kier alpha value is -1.10. The molecule has 0 saturated carbocycles. The topological polar surface area (TPSA) is 78.4 Å². The van der Waals surface area contributed by atoms with Crippen LogP contribution < -0.4 is 10.6 Å². The molecule has 0 aliphatic heterocycles. The van der Waals surface area contributed by atoms with Crippen LogP contribution in [0.5, 0.6) is 0 Å². The van der Waals surface area contributed by atoms with Crippen molar-refractivity contribution in [2.24, 2.45) is 5.92 Å². The van der Waals surface area contributed by atoms with Gasteiger partial charge in [0.25, 0.3) is 0 Å². The van der Waals surface area contributed by atoms with Gasteiger partial charge in [0, 0.05) is 13.1 Å². The van der Waals surface area contributed by atoms with Crippen LogP contribution in [0.1, 0.15) is 20.3 Å². The maximum absolute atomic E-state index is 11.3. The first-order chi connectivity index (χ1) is 6.56. The molecule has 0 saturated heterocycles.